The molecule has 0 fully saturated rings. The third-order valence-corrected chi connectivity index (χ3v) is 6.94. The molecule has 1 unspecified atom stereocenters. The van der Waals surface area contributed by atoms with Crippen molar-refractivity contribution in [2.24, 2.45) is 0 Å². The Labute approximate surface area is 206 Å². The lowest BCUT2D eigenvalue weighted by molar-refractivity contribution is -0.114. The molecule has 1 atom stereocenters. The Kier molecular flexibility index (Phi) is 8.32. The number of hydrogen-bond donors (Lipinski definition) is 3. The number of rotatable bonds is 7. The molecule has 34 heavy (non-hydrogen) atoms. The zero-order chi connectivity index (χ0) is 24.9. The van der Waals surface area contributed by atoms with Crippen LogP contribution in [0.15, 0.2) is 53.6 Å². The van der Waals surface area contributed by atoms with Crippen LogP contribution in [0, 0.1) is 0 Å². The van der Waals surface area contributed by atoms with E-state index in [9.17, 15) is 14.1 Å². The number of carbonyl (C=O) groups is 2. The summed E-state index contributed by atoms with van der Waals surface area (Å²) in [5.41, 5.74) is 2.48. The average Bonchev–Trinajstić information content (AvgIpc) is 3.23. The summed E-state index contributed by atoms with van der Waals surface area (Å²) in [6, 6.07) is 12.6. The normalized spacial score (nSPS) is 12.2. The molecule has 0 saturated heterocycles. The molecule has 0 saturated carbocycles. The van der Waals surface area contributed by atoms with Crippen LogP contribution in [-0.4, -0.2) is 33.7 Å². The maximum Gasteiger partial charge on any atom is 0.411 e. The maximum atomic E-state index is 13.2. The first-order valence-electron chi connectivity index (χ1n) is 10.7. The van der Waals surface area contributed by atoms with Gasteiger partial charge in [-0.1, -0.05) is 0 Å². The van der Waals surface area contributed by atoms with Gasteiger partial charge in [0.15, 0.2) is 4.90 Å². The van der Waals surface area contributed by atoms with Crippen molar-refractivity contribution in [2.45, 2.75) is 45.1 Å². The minimum atomic E-state index is -1.51. The monoisotopic (exact) mass is 500 g/mol. The molecule has 10 heteroatoms. The van der Waals surface area contributed by atoms with Gasteiger partial charge in [0.25, 0.3) is 0 Å². The molecule has 3 N–H and O–H groups in total. The fourth-order valence-corrected chi connectivity index (χ4v) is 5.31. The predicted molar refractivity (Wildman–Crippen MR) is 137 cm³/mol. The van der Waals surface area contributed by atoms with E-state index in [4.69, 9.17) is 4.74 Å². The molecule has 3 aromatic rings. The first-order valence-corrected chi connectivity index (χ1v) is 12.6. The maximum absolute atomic E-state index is 13.2. The molecular formula is C24H28N4O4S2. The fraction of sp³-hybridized carbons (Fsp3) is 0.292. The van der Waals surface area contributed by atoms with Crippen molar-refractivity contribution in [3.8, 4) is 21.0 Å². The summed E-state index contributed by atoms with van der Waals surface area (Å²) in [4.78, 5) is 29.1. The van der Waals surface area contributed by atoms with Crippen molar-refractivity contribution in [1.29, 1.82) is 0 Å². The lowest BCUT2D eigenvalue weighted by Gasteiger charge is -2.23. The van der Waals surface area contributed by atoms with Gasteiger partial charge in [-0.15, -0.1) is 16.1 Å². The van der Waals surface area contributed by atoms with E-state index >= 15 is 0 Å². The van der Waals surface area contributed by atoms with Crippen LogP contribution in [0.3, 0.4) is 0 Å². The summed E-state index contributed by atoms with van der Waals surface area (Å²) in [5.74, 6) is -0.200. The number of thiazole rings is 1. The number of anilines is 2. The number of hydrogen-bond acceptors (Lipinski definition) is 7. The van der Waals surface area contributed by atoms with Gasteiger partial charge in [0.05, 0.1) is 33.9 Å². The van der Waals surface area contributed by atoms with Gasteiger partial charge in [-0.2, -0.15) is 0 Å². The predicted octanol–water partition coefficient (Wildman–Crippen LogP) is 5.41. The third-order valence-electron chi connectivity index (χ3n) is 4.33. The topological polar surface area (TPSA) is 115 Å². The second-order valence-electron chi connectivity index (χ2n) is 8.47. The standard InChI is InChI=1S/C24H28N4O4S2/c1-6-32-23(30)27-17-9-7-16(8-10-17)22-25-14-20(33-22)19-12-11-18(26-15(2)29)13-21(19)34(31)28-24(3,4)5/h7-14,28H,6H2,1-5H3,(H,26,29)(H,27,30). The highest BCUT2D eigenvalue weighted by molar-refractivity contribution is 7.89. The Bertz CT molecular complexity index is 1160. The van der Waals surface area contributed by atoms with E-state index in [-0.39, 0.29) is 11.4 Å². The summed E-state index contributed by atoms with van der Waals surface area (Å²) in [6.45, 7) is 9.29. The van der Waals surface area contributed by atoms with E-state index < -0.39 is 17.5 Å². The quantitative estimate of drug-likeness (QED) is 0.373. The third kappa shape index (κ3) is 7.04. The smallest absolute Gasteiger partial charge is 0.411 e. The molecular weight excluding hydrogens is 472 g/mol. The van der Waals surface area contributed by atoms with Gasteiger partial charge >= 0.3 is 6.09 Å². The molecule has 0 spiro atoms. The fourth-order valence-electron chi connectivity index (χ4n) is 3.01. The van der Waals surface area contributed by atoms with Gasteiger partial charge in [0.2, 0.25) is 5.91 Å². The average molecular weight is 501 g/mol. The lowest BCUT2D eigenvalue weighted by atomic mass is 10.1. The minimum Gasteiger partial charge on any atom is -0.593 e. The Balaban J connectivity index is 1.90. The summed E-state index contributed by atoms with van der Waals surface area (Å²) in [5, 5.41) is 6.19. The van der Waals surface area contributed by atoms with Crippen molar-refractivity contribution < 1.29 is 18.9 Å². The first-order chi connectivity index (χ1) is 16.1. The van der Waals surface area contributed by atoms with E-state index in [0.717, 1.165) is 21.0 Å². The van der Waals surface area contributed by atoms with Gasteiger partial charge in [-0.3, -0.25) is 10.1 Å². The van der Waals surface area contributed by atoms with Gasteiger partial charge < -0.3 is 14.6 Å². The molecule has 1 aromatic heterocycles. The van der Waals surface area contributed by atoms with Crippen LogP contribution in [0.2, 0.25) is 0 Å². The number of nitrogens with one attached hydrogen (secondary N) is 3. The second kappa shape index (κ2) is 11.0. The molecule has 0 bridgehead atoms. The van der Waals surface area contributed by atoms with Crippen LogP contribution < -0.4 is 15.4 Å². The number of benzene rings is 2. The van der Waals surface area contributed by atoms with E-state index in [1.165, 1.54) is 18.3 Å². The molecule has 0 radical (unpaired) electrons. The summed E-state index contributed by atoms with van der Waals surface area (Å²) in [7, 11) is 0. The zero-order valence-electron chi connectivity index (χ0n) is 19.7. The second-order valence-corrected chi connectivity index (χ2v) is 10.7. The van der Waals surface area contributed by atoms with Crippen LogP contribution in [0.1, 0.15) is 34.6 Å². The minimum absolute atomic E-state index is 0.200. The van der Waals surface area contributed by atoms with Crippen LogP contribution in [-0.2, 0) is 20.9 Å². The Hall–Kier alpha value is -2.92. The summed E-state index contributed by atoms with van der Waals surface area (Å²) in [6.07, 6.45) is 1.24. The number of amides is 2. The molecule has 0 aliphatic heterocycles. The zero-order valence-corrected chi connectivity index (χ0v) is 21.4. The molecule has 8 nitrogen and oxygen atoms in total. The summed E-state index contributed by atoms with van der Waals surface area (Å²) >= 11 is -0.0470. The Morgan fingerprint density at radius 3 is 2.38 bits per heavy atom. The molecule has 0 aliphatic rings. The molecule has 3 rings (SSSR count). The highest BCUT2D eigenvalue weighted by Crippen LogP contribution is 2.37. The van der Waals surface area contributed by atoms with Crippen molar-refractivity contribution in [2.75, 3.05) is 17.2 Å². The SMILES string of the molecule is CCOC(=O)Nc1ccc(-c2ncc(-c3ccc(NC(C)=O)cc3[S+]([O-])NC(C)(C)C)s2)cc1. The van der Waals surface area contributed by atoms with Gasteiger partial charge in [0, 0.05) is 36.1 Å². The molecule has 180 valence electrons. The van der Waals surface area contributed by atoms with Crippen molar-refractivity contribution in [3.63, 3.8) is 0 Å². The molecule has 2 aromatic carbocycles. The Morgan fingerprint density at radius 2 is 1.76 bits per heavy atom. The van der Waals surface area contributed by atoms with Crippen LogP contribution in [0.25, 0.3) is 21.0 Å². The highest BCUT2D eigenvalue weighted by atomic mass is 32.2. The van der Waals surface area contributed by atoms with Gasteiger partial charge in [0.1, 0.15) is 5.01 Å². The van der Waals surface area contributed by atoms with Crippen molar-refractivity contribution in [1.82, 2.24) is 9.71 Å². The summed E-state index contributed by atoms with van der Waals surface area (Å²) < 4.78 is 21.2. The Morgan fingerprint density at radius 1 is 1.09 bits per heavy atom. The van der Waals surface area contributed by atoms with Crippen molar-refractivity contribution in [3.05, 3.63) is 48.7 Å². The van der Waals surface area contributed by atoms with Crippen LogP contribution in [0.5, 0.6) is 0 Å². The number of aromatic nitrogens is 1. The molecule has 0 aliphatic carbocycles. The van der Waals surface area contributed by atoms with E-state index in [0.29, 0.717) is 22.9 Å². The van der Waals surface area contributed by atoms with Crippen molar-refractivity contribution >= 4 is 46.1 Å². The number of ether oxygens (including phenoxy) is 1. The van der Waals surface area contributed by atoms with E-state index in [1.807, 2.05) is 39.0 Å². The molecule has 2 amide bonds. The van der Waals surface area contributed by atoms with E-state index in [2.05, 4.69) is 20.3 Å². The molecule has 1 heterocycles. The first kappa shape index (κ1) is 25.7. The van der Waals surface area contributed by atoms with Crippen LogP contribution >= 0.6 is 11.3 Å². The van der Waals surface area contributed by atoms with Gasteiger partial charge in [-0.25, -0.2) is 9.78 Å². The lowest BCUT2D eigenvalue weighted by Crippen LogP contribution is -2.40. The highest BCUT2D eigenvalue weighted by Gasteiger charge is 2.25. The number of carbonyl (C=O) groups excluding carboxylic acids is 2. The number of nitrogens with zero attached hydrogens (tertiary/aromatic N) is 1. The van der Waals surface area contributed by atoms with Gasteiger partial charge in [-0.05, 0) is 64.1 Å². The largest absolute Gasteiger partial charge is 0.593 e. The van der Waals surface area contributed by atoms with Crippen LogP contribution in [0.4, 0.5) is 16.2 Å². The van der Waals surface area contributed by atoms with E-state index in [1.54, 1.807) is 37.4 Å².